The van der Waals surface area contributed by atoms with Gasteiger partial charge in [-0.15, -0.1) is 0 Å². The Labute approximate surface area is 146 Å². The maximum Gasteiger partial charge on any atom is 0.263 e. The van der Waals surface area contributed by atoms with Crippen LogP contribution in [0.4, 0.5) is 0 Å². The van der Waals surface area contributed by atoms with E-state index in [9.17, 15) is 10.1 Å². The van der Waals surface area contributed by atoms with Crippen LogP contribution >= 0.6 is 0 Å². The summed E-state index contributed by atoms with van der Waals surface area (Å²) in [6.45, 7) is 0.859. The molecular weight excluding hydrogens is 302 g/mol. The van der Waals surface area contributed by atoms with Crippen molar-refractivity contribution in [2.45, 2.75) is 76.7 Å². The van der Waals surface area contributed by atoms with E-state index in [-0.39, 0.29) is 11.5 Å². The first kappa shape index (κ1) is 20.5. The zero-order chi connectivity index (χ0) is 17.5. The Hall–Kier alpha value is -1.54. The molecule has 24 heavy (non-hydrogen) atoms. The molecular formula is C19H33N3O2. The van der Waals surface area contributed by atoms with Gasteiger partial charge in [-0.3, -0.25) is 4.79 Å². The van der Waals surface area contributed by atoms with E-state index in [1.165, 1.54) is 57.8 Å². The third-order valence-electron chi connectivity index (χ3n) is 4.53. The molecule has 1 amide bonds. The Bertz CT molecular complexity index is 403. The van der Waals surface area contributed by atoms with Gasteiger partial charge in [0.25, 0.3) is 5.91 Å². The largest absolute Gasteiger partial charge is 0.387 e. The van der Waals surface area contributed by atoms with Crippen LogP contribution in [0.15, 0.2) is 11.8 Å². The molecule has 0 bridgehead atoms. The van der Waals surface area contributed by atoms with Gasteiger partial charge in [0.2, 0.25) is 0 Å². The summed E-state index contributed by atoms with van der Waals surface area (Å²) in [7, 11) is 1.58. The van der Waals surface area contributed by atoms with Gasteiger partial charge >= 0.3 is 0 Å². The Balaban J connectivity index is 2.47. The fraction of sp³-hybridized carbons (Fsp3) is 0.789. The molecule has 1 aliphatic rings. The second-order valence-electron chi connectivity index (χ2n) is 6.54. The molecule has 1 saturated carbocycles. The first-order valence-electron chi connectivity index (χ1n) is 9.41. The Morgan fingerprint density at radius 3 is 2.12 bits per heavy atom. The fourth-order valence-electron chi connectivity index (χ4n) is 3.04. The first-order valence-corrected chi connectivity index (χ1v) is 9.41. The van der Waals surface area contributed by atoms with Crippen molar-refractivity contribution < 1.29 is 9.53 Å². The first-order chi connectivity index (χ1) is 11.8. The number of nitrogens with one attached hydrogen (secondary N) is 2. The lowest BCUT2D eigenvalue weighted by molar-refractivity contribution is -0.117. The van der Waals surface area contributed by atoms with E-state index in [4.69, 9.17) is 4.74 Å². The lowest BCUT2D eigenvalue weighted by Gasteiger charge is -2.18. The third kappa shape index (κ3) is 9.57. The number of nitrogens with zero attached hydrogens (tertiary/aromatic N) is 1. The lowest BCUT2D eigenvalue weighted by Crippen LogP contribution is -2.30. The standard InChI is InChI=1S/C19H33N3O2/c1-24-14-13-21-19(23)17(15-20)16-22-18-11-9-7-5-3-2-4-6-8-10-12-18/h16,18,22H,2-14H2,1H3,(H,21,23)/b17-16-. The lowest BCUT2D eigenvalue weighted by atomic mass is 9.98. The zero-order valence-corrected chi connectivity index (χ0v) is 15.1. The van der Waals surface area contributed by atoms with E-state index < -0.39 is 0 Å². The van der Waals surface area contributed by atoms with E-state index in [0.717, 1.165) is 12.8 Å². The molecule has 0 atom stereocenters. The predicted molar refractivity (Wildman–Crippen MR) is 96.3 cm³/mol. The monoisotopic (exact) mass is 335 g/mol. The Morgan fingerprint density at radius 2 is 1.62 bits per heavy atom. The van der Waals surface area contributed by atoms with Gasteiger partial charge in [-0.1, -0.05) is 57.8 Å². The summed E-state index contributed by atoms with van der Waals surface area (Å²) in [6.07, 6.45) is 15.6. The van der Waals surface area contributed by atoms with Gasteiger partial charge < -0.3 is 15.4 Å². The molecule has 5 heteroatoms. The number of nitriles is 1. The van der Waals surface area contributed by atoms with Crippen molar-refractivity contribution in [1.82, 2.24) is 10.6 Å². The van der Waals surface area contributed by atoms with Gasteiger partial charge in [0.15, 0.2) is 0 Å². The smallest absolute Gasteiger partial charge is 0.263 e. The number of methoxy groups -OCH3 is 1. The van der Waals surface area contributed by atoms with E-state index in [2.05, 4.69) is 10.6 Å². The molecule has 1 aliphatic carbocycles. The van der Waals surface area contributed by atoms with Crippen molar-refractivity contribution in [1.29, 1.82) is 5.26 Å². The van der Waals surface area contributed by atoms with Crippen LogP contribution in [0.25, 0.3) is 0 Å². The summed E-state index contributed by atoms with van der Waals surface area (Å²) < 4.78 is 4.89. The molecule has 0 radical (unpaired) electrons. The van der Waals surface area contributed by atoms with E-state index >= 15 is 0 Å². The molecule has 0 unspecified atom stereocenters. The van der Waals surface area contributed by atoms with Crippen molar-refractivity contribution in [3.8, 4) is 6.07 Å². The number of hydrogen-bond donors (Lipinski definition) is 2. The van der Waals surface area contributed by atoms with Crippen molar-refractivity contribution in [2.75, 3.05) is 20.3 Å². The predicted octanol–water partition coefficient (Wildman–Crippen LogP) is 3.42. The number of hydrogen-bond acceptors (Lipinski definition) is 4. The molecule has 0 aromatic heterocycles. The minimum atomic E-state index is -0.338. The van der Waals surface area contributed by atoms with Gasteiger partial charge in [-0.25, -0.2) is 0 Å². The molecule has 0 heterocycles. The number of ether oxygens (including phenoxy) is 1. The minimum Gasteiger partial charge on any atom is -0.387 e. The van der Waals surface area contributed by atoms with Gasteiger partial charge in [-0.2, -0.15) is 5.26 Å². The van der Waals surface area contributed by atoms with E-state index in [1.807, 2.05) is 6.07 Å². The van der Waals surface area contributed by atoms with Crippen molar-refractivity contribution in [2.24, 2.45) is 0 Å². The van der Waals surface area contributed by atoms with Crippen LogP contribution < -0.4 is 10.6 Å². The average Bonchev–Trinajstić information content (AvgIpc) is 2.57. The van der Waals surface area contributed by atoms with Gasteiger partial charge in [0, 0.05) is 25.9 Å². The summed E-state index contributed by atoms with van der Waals surface area (Å²) in [4.78, 5) is 11.9. The van der Waals surface area contributed by atoms with Crippen LogP contribution in [0.5, 0.6) is 0 Å². The maximum atomic E-state index is 11.9. The number of carbonyl (C=O) groups excluding carboxylic acids is 1. The van der Waals surface area contributed by atoms with Crippen LogP contribution in [0.1, 0.15) is 70.6 Å². The van der Waals surface area contributed by atoms with Gasteiger partial charge in [0.05, 0.1) is 6.61 Å². The van der Waals surface area contributed by atoms with Crippen LogP contribution in [-0.2, 0) is 9.53 Å². The highest BCUT2D eigenvalue weighted by Crippen LogP contribution is 2.17. The topological polar surface area (TPSA) is 74.1 Å². The Morgan fingerprint density at radius 1 is 1.08 bits per heavy atom. The highest BCUT2D eigenvalue weighted by atomic mass is 16.5. The van der Waals surface area contributed by atoms with Crippen LogP contribution in [0.3, 0.4) is 0 Å². The second-order valence-corrected chi connectivity index (χ2v) is 6.54. The van der Waals surface area contributed by atoms with E-state index in [0.29, 0.717) is 19.2 Å². The average molecular weight is 335 g/mol. The highest BCUT2D eigenvalue weighted by Gasteiger charge is 2.11. The molecule has 0 aromatic rings. The molecule has 2 N–H and O–H groups in total. The van der Waals surface area contributed by atoms with Crippen LogP contribution in [0, 0.1) is 11.3 Å². The van der Waals surface area contributed by atoms with Crippen molar-refractivity contribution >= 4 is 5.91 Å². The molecule has 0 saturated heterocycles. The number of carbonyl (C=O) groups is 1. The number of amides is 1. The molecule has 1 fully saturated rings. The van der Waals surface area contributed by atoms with Gasteiger partial charge in [-0.05, 0) is 12.8 Å². The summed E-state index contributed by atoms with van der Waals surface area (Å²) in [5, 5.41) is 15.2. The van der Waals surface area contributed by atoms with Crippen molar-refractivity contribution in [3.05, 3.63) is 11.8 Å². The SMILES string of the molecule is COCCNC(=O)/C(C#N)=C\NC1CCCCCCCCCCC1. The highest BCUT2D eigenvalue weighted by molar-refractivity contribution is 5.97. The van der Waals surface area contributed by atoms with E-state index in [1.54, 1.807) is 13.3 Å². The number of rotatable bonds is 6. The minimum absolute atomic E-state index is 0.136. The van der Waals surface area contributed by atoms with Crippen LogP contribution in [0.2, 0.25) is 0 Å². The molecule has 0 spiro atoms. The molecule has 136 valence electrons. The molecule has 0 aromatic carbocycles. The van der Waals surface area contributed by atoms with Gasteiger partial charge in [0.1, 0.15) is 11.6 Å². The normalized spacial score (nSPS) is 18.8. The summed E-state index contributed by atoms with van der Waals surface area (Å²) in [5.41, 5.74) is 0.136. The van der Waals surface area contributed by atoms with Crippen LogP contribution in [-0.4, -0.2) is 32.2 Å². The summed E-state index contributed by atoms with van der Waals surface area (Å²) in [6, 6.07) is 2.34. The Kier molecular flexibility index (Phi) is 11.8. The van der Waals surface area contributed by atoms with Crippen molar-refractivity contribution in [3.63, 3.8) is 0 Å². The molecule has 5 nitrogen and oxygen atoms in total. The maximum absolute atomic E-state index is 11.9. The third-order valence-corrected chi connectivity index (χ3v) is 4.53. The molecule has 0 aliphatic heterocycles. The quantitative estimate of drug-likeness (QED) is 0.443. The zero-order valence-electron chi connectivity index (χ0n) is 15.1. The molecule has 1 rings (SSSR count). The summed E-state index contributed by atoms with van der Waals surface area (Å²) >= 11 is 0. The second kappa shape index (κ2) is 13.9. The fourth-order valence-corrected chi connectivity index (χ4v) is 3.04. The summed E-state index contributed by atoms with van der Waals surface area (Å²) in [5.74, 6) is -0.338.